The number of hydrogen-bond acceptors (Lipinski definition) is 4. The largest absolute Gasteiger partial charge is 0.337 e. The Morgan fingerprint density at radius 1 is 1.15 bits per heavy atom. The summed E-state index contributed by atoms with van der Waals surface area (Å²) in [6.45, 7) is 0.660. The Labute approximate surface area is 150 Å². The first-order chi connectivity index (χ1) is 12.7. The molecule has 1 fully saturated rings. The van der Waals surface area contributed by atoms with Crippen LogP contribution in [0.2, 0.25) is 0 Å². The standard InChI is InChI=1S/C20H18FN3O2/c21-16-10-8-14(9-11-16)13-18(25)24-12-4-7-17(24)20-22-19(23-26-20)15-5-2-1-3-6-15/h1-3,5-6,8-11,17H,4,7,12-13H2. The molecule has 4 rings (SSSR count). The fourth-order valence-electron chi connectivity index (χ4n) is 3.28. The number of halogens is 1. The van der Waals surface area contributed by atoms with E-state index in [0.29, 0.717) is 18.3 Å². The number of carbonyl (C=O) groups excluding carboxylic acids is 1. The van der Waals surface area contributed by atoms with Crippen LogP contribution in [-0.2, 0) is 11.2 Å². The van der Waals surface area contributed by atoms with Gasteiger partial charge in [0.2, 0.25) is 17.6 Å². The molecule has 1 aliphatic heterocycles. The maximum atomic E-state index is 13.0. The van der Waals surface area contributed by atoms with E-state index in [4.69, 9.17) is 4.52 Å². The second kappa shape index (κ2) is 7.07. The minimum Gasteiger partial charge on any atom is -0.337 e. The Morgan fingerprint density at radius 3 is 2.69 bits per heavy atom. The molecule has 2 aromatic carbocycles. The summed E-state index contributed by atoms with van der Waals surface area (Å²) in [7, 11) is 0. The molecule has 1 aliphatic rings. The monoisotopic (exact) mass is 351 g/mol. The van der Waals surface area contributed by atoms with E-state index in [2.05, 4.69) is 10.1 Å². The van der Waals surface area contributed by atoms with Crippen molar-refractivity contribution in [3.05, 3.63) is 71.9 Å². The quantitative estimate of drug-likeness (QED) is 0.718. The first kappa shape index (κ1) is 16.4. The lowest BCUT2D eigenvalue weighted by atomic mass is 10.1. The SMILES string of the molecule is O=C(Cc1ccc(F)cc1)N1CCCC1c1nc(-c2ccccc2)no1. The topological polar surface area (TPSA) is 59.2 Å². The zero-order valence-electron chi connectivity index (χ0n) is 14.1. The molecule has 0 spiro atoms. The second-order valence-corrected chi connectivity index (χ2v) is 6.37. The molecular formula is C20H18FN3O2. The molecule has 1 saturated heterocycles. The van der Waals surface area contributed by atoms with E-state index in [9.17, 15) is 9.18 Å². The number of benzene rings is 2. The first-order valence-electron chi connectivity index (χ1n) is 8.63. The highest BCUT2D eigenvalue weighted by atomic mass is 19.1. The number of amides is 1. The minimum atomic E-state index is -0.306. The van der Waals surface area contributed by atoms with Crippen LogP contribution in [0.4, 0.5) is 4.39 Å². The molecule has 0 bridgehead atoms. The van der Waals surface area contributed by atoms with Crippen LogP contribution in [0.25, 0.3) is 11.4 Å². The summed E-state index contributed by atoms with van der Waals surface area (Å²) in [6.07, 6.45) is 1.92. The van der Waals surface area contributed by atoms with Crippen molar-refractivity contribution in [2.24, 2.45) is 0 Å². The van der Waals surface area contributed by atoms with Gasteiger partial charge in [-0.05, 0) is 30.5 Å². The van der Waals surface area contributed by atoms with Crippen molar-refractivity contribution < 1.29 is 13.7 Å². The first-order valence-corrected chi connectivity index (χ1v) is 8.63. The van der Waals surface area contributed by atoms with Crippen LogP contribution in [-0.4, -0.2) is 27.5 Å². The molecular weight excluding hydrogens is 333 g/mol. The summed E-state index contributed by atoms with van der Waals surface area (Å²) in [5.41, 5.74) is 1.67. The molecule has 5 nitrogen and oxygen atoms in total. The van der Waals surface area contributed by atoms with Gasteiger partial charge in [-0.2, -0.15) is 4.98 Å². The summed E-state index contributed by atoms with van der Waals surface area (Å²) >= 11 is 0. The lowest BCUT2D eigenvalue weighted by Crippen LogP contribution is -2.32. The van der Waals surface area contributed by atoms with Crippen molar-refractivity contribution in [2.45, 2.75) is 25.3 Å². The number of aromatic nitrogens is 2. The molecule has 1 amide bonds. The molecule has 26 heavy (non-hydrogen) atoms. The second-order valence-electron chi connectivity index (χ2n) is 6.37. The molecule has 1 unspecified atom stereocenters. The summed E-state index contributed by atoms with van der Waals surface area (Å²) in [4.78, 5) is 19.0. The third-order valence-corrected chi connectivity index (χ3v) is 4.60. The summed E-state index contributed by atoms with van der Waals surface area (Å²) < 4.78 is 18.5. The average molecular weight is 351 g/mol. The van der Waals surface area contributed by atoms with Crippen molar-refractivity contribution in [3.8, 4) is 11.4 Å². The number of nitrogens with zero attached hydrogens (tertiary/aromatic N) is 3. The molecule has 6 heteroatoms. The van der Waals surface area contributed by atoms with Gasteiger partial charge >= 0.3 is 0 Å². The van der Waals surface area contributed by atoms with Crippen LogP contribution in [0.5, 0.6) is 0 Å². The van der Waals surface area contributed by atoms with E-state index in [-0.39, 0.29) is 24.2 Å². The van der Waals surface area contributed by atoms with E-state index in [1.54, 1.807) is 17.0 Å². The van der Waals surface area contributed by atoms with Gasteiger partial charge in [-0.1, -0.05) is 47.6 Å². The van der Waals surface area contributed by atoms with Crippen molar-refractivity contribution >= 4 is 5.91 Å². The van der Waals surface area contributed by atoms with Gasteiger partial charge in [0.05, 0.1) is 6.42 Å². The van der Waals surface area contributed by atoms with Gasteiger partial charge in [-0.15, -0.1) is 0 Å². The van der Waals surface area contributed by atoms with Crippen LogP contribution in [0.1, 0.15) is 30.3 Å². The lowest BCUT2D eigenvalue weighted by molar-refractivity contribution is -0.131. The van der Waals surface area contributed by atoms with Crippen LogP contribution >= 0.6 is 0 Å². The zero-order chi connectivity index (χ0) is 17.9. The number of hydrogen-bond donors (Lipinski definition) is 0. The van der Waals surface area contributed by atoms with Gasteiger partial charge < -0.3 is 9.42 Å². The highest BCUT2D eigenvalue weighted by Gasteiger charge is 2.34. The predicted molar refractivity (Wildman–Crippen MR) is 93.5 cm³/mol. The Hall–Kier alpha value is -3.02. The fraction of sp³-hybridized carbons (Fsp3) is 0.250. The van der Waals surface area contributed by atoms with Crippen LogP contribution in [0.15, 0.2) is 59.1 Å². The van der Waals surface area contributed by atoms with E-state index in [1.165, 1.54) is 12.1 Å². The summed E-state index contributed by atoms with van der Waals surface area (Å²) in [6, 6.07) is 15.4. The highest BCUT2D eigenvalue weighted by Crippen LogP contribution is 2.32. The minimum absolute atomic E-state index is 0.0152. The lowest BCUT2D eigenvalue weighted by Gasteiger charge is -2.21. The molecule has 1 aromatic heterocycles. The molecule has 1 atom stereocenters. The number of likely N-dealkylation sites (tertiary alicyclic amines) is 1. The molecule has 0 aliphatic carbocycles. The van der Waals surface area contributed by atoms with Gasteiger partial charge in [-0.3, -0.25) is 4.79 Å². The van der Waals surface area contributed by atoms with E-state index < -0.39 is 0 Å². The molecule has 3 aromatic rings. The van der Waals surface area contributed by atoms with E-state index >= 15 is 0 Å². The van der Waals surface area contributed by atoms with Crippen LogP contribution in [0, 0.1) is 5.82 Å². The van der Waals surface area contributed by atoms with Gasteiger partial charge in [0.25, 0.3) is 0 Å². The molecule has 2 heterocycles. The molecule has 0 saturated carbocycles. The van der Waals surface area contributed by atoms with Crippen molar-refractivity contribution in [1.29, 1.82) is 0 Å². The van der Waals surface area contributed by atoms with Crippen molar-refractivity contribution in [2.75, 3.05) is 6.54 Å². The normalized spacial score (nSPS) is 16.8. The van der Waals surface area contributed by atoms with Gasteiger partial charge in [-0.25, -0.2) is 4.39 Å². The Balaban J connectivity index is 1.50. The number of rotatable bonds is 4. The van der Waals surface area contributed by atoms with Gasteiger partial charge in [0, 0.05) is 12.1 Å². The average Bonchev–Trinajstić information content (AvgIpc) is 3.33. The maximum Gasteiger partial charge on any atom is 0.249 e. The maximum absolute atomic E-state index is 13.0. The van der Waals surface area contributed by atoms with Gasteiger partial charge in [0.15, 0.2) is 0 Å². The van der Waals surface area contributed by atoms with Crippen LogP contribution in [0.3, 0.4) is 0 Å². The third kappa shape index (κ3) is 3.35. The van der Waals surface area contributed by atoms with Crippen LogP contribution < -0.4 is 0 Å². The summed E-state index contributed by atoms with van der Waals surface area (Å²) in [5, 5.41) is 4.05. The zero-order valence-corrected chi connectivity index (χ0v) is 14.1. The molecule has 0 N–H and O–H groups in total. The smallest absolute Gasteiger partial charge is 0.249 e. The fourth-order valence-corrected chi connectivity index (χ4v) is 3.28. The Morgan fingerprint density at radius 2 is 1.92 bits per heavy atom. The van der Waals surface area contributed by atoms with Crippen molar-refractivity contribution in [3.63, 3.8) is 0 Å². The molecule has 132 valence electrons. The molecule has 0 radical (unpaired) electrons. The third-order valence-electron chi connectivity index (χ3n) is 4.60. The van der Waals surface area contributed by atoms with Gasteiger partial charge in [0.1, 0.15) is 11.9 Å². The van der Waals surface area contributed by atoms with E-state index in [1.807, 2.05) is 30.3 Å². The Bertz CT molecular complexity index is 893. The van der Waals surface area contributed by atoms with Crippen molar-refractivity contribution in [1.82, 2.24) is 15.0 Å². The summed E-state index contributed by atoms with van der Waals surface area (Å²) in [5.74, 6) is 0.672. The Kier molecular flexibility index (Phi) is 4.48. The van der Waals surface area contributed by atoms with E-state index in [0.717, 1.165) is 24.0 Å². The number of carbonyl (C=O) groups is 1. The predicted octanol–water partition coefficient (Wildman–Crippen LogP) is 3.78. The highest BCUT2D eigenvalue weighted by molar-refractivity contribution is 5.79.